The van der Waals surface area contributed by atoms with E-state index in [2.05, 4.69) is 18.8 Å². The van der Waals surface area contributed by atoms with Gasteiger partial charge in [0, 0.05) is 29.1 Å². The van der Waals surface area contributed by atoms with Gasteiger partial charge in [0.05, 0.1) is 4.92 Å². The molecule has 2 atom stereocenters. The first-order valence-electron chi connectivity index (χ1n) is 7.52. The molecule has 5 nitrogen and oxygen atoms in total. The number of hydrogen-bond acceptors (Lipinski definition) is 4. The Morgan fingerprint density at radius 3 is 2.55 bits per heavy atom. The summed E-state index contributed by atoms with van der Waals surface area (Å²) in [5.41, 5.74) is 4.85. The Labute approximate surface area is 128 Å². The van der Waals surface area contributed by atoms with E-state index < -0.39 is 4.92 Å². The van der Waals surface area contributed by atoms with Gasteiger partial charge < -0.3 is 0 Å². The number of aromatic nitrogens is 2. The maximum atomic E-state index is 10.7. The fraction of sp³-hybridized carbons (Fsp3) is 0.412. The van der Waals surface area contributed by atoms with E-state index in [-0.39, 0.29) is 5.69 Å². The summed E-state index contributed by atoms with van der Waals surface area (Å²) in [4.78, 5) is 19.7. The van der Waals surface area contributed by atoms with Crippen molar-refractivity contribution in [3.8, 4) is 11.4 Å². The Kier molecular flexibility index (Phi) is 2.50. The average molecular weight is 295 g/mol. The number of rotatable bonds is 2. The van der Waals surface area contributed by atoms with Crippen LogP contribution in [0.3, 0.4) is 0 Å². The van der Waals surface area contributed by atoms with E-state index in [1.54, 1.807) is 12.1 Å². The van der Waals surface area contributed by atoms with Gasteiger partial charge in [-0.05, 0) is 48.3 Å². The molecule has 0 spiro atoms. The van der Waals surface area contributed by atoms with Gasteiger partial charge >= 0.3 is 0 Å². The summed E-state index contributed by atoms with van der Waals surface area (Å²) in [5, 5.41) is 10.7. The number of non-ortho nitro benzene ring substituents is 1. The first-order chi connectivity index (χ1) is 10.4. The summed E-state index contributed by atoms with van der Waals surface area (Å²) >= 11 is 0. The van der Waals surface area contributed by atoms with Crippen LogP contribution in [0, 0.1) is 28.4 Å². The van der Waals surface area contributed by atoms with Crippen LogP contribution in [-0.2, 0) is 6.42 Å². The molecule has 1 aromatic heterocycles. The lowest BCUT2D eigenvalue weighted by Crippen LogP contribution is -2.07. The molecule has 1 aromatic carbocycles. The molecule has 2 aromatic rings. The largest absolute Gasteiger partial charge is 0.269 e. The highest BCUT2D eigenvalue weighted by Gasteiger charge is 2.63. The summed E-state index contributed by atoms with van der Waals surface area (Å²) in [6, 6.07) is 6.45. The minimum atomic E-state index is -0.395. The van der Waals surface area contributed by atoms with E-state index in [0.29, 0.717) is 23.1 Å². The van der Waals surface area contributed by atoms with Crippen molar-refractivity contribution in [1.82, 2.24) is 9.97 Å². The van der Waals surface area contributed by atoms with Crippen LogP contribution in [0.2, 0.25) is 0 Å². The molecule has 0 aliphatic heterocycles. The van der Waals surface area contributed by atoms with Crippen molar-refractivity contribution in [2.24, 2.45) is 11.3 Å². The maximum Gasteiger partial charge on any atom is 0.269 e. The van der Waals surface area contributed by atoms with Gasteiger partial charge in [-0.25, -0.2) is 9.97 Å². The molecule has 1 saturated carbocycles. The molecule has 0 amide bonds. The van der Waals surface area contributed by atoms with Crippen LogP contribution in [0.5, 0.6) is 0 Å². The Hall–Kier alpha value is -2.30. The molecule has 0 bridgehead atoms. The Bertz CT molecular complexity index is 796. The predicted molar refractivity (Wildman–Crippen MR) is 82.6 cm³/mol. The highest BCUT2D eigenvalue weighted by Crippen LogP contribution is 2.70. The van der Waals surface area contributed by atoms with E-state index >= 15 is 0 Å². The molecule has 1 heterocycles. The summed E-state index contributed by atoms with van der Waals surface area (Å²) in [7, 11) is 0. The van der Waals surface area contributed by atoms with Gasteiger partial charge in [0.1, 0.15) is 0 Å². The zero-order valence-electron chi connectivity index (χ0n) is 12.8. The second-order valence-corrected chi connectivity index (χ2v) is 6.91. The molecule has 1 fully saturated rings. The maximum absolute atomic E-state index is 10.7. The van der Waals surface area contributed by atoms with Crippen LogP contribution >= 0.6 is 0 Å². The Morgan fingerprint density at radius 2 is 1.91 bits per heavy atom. The van der Waals surface area contributed by atoms with Crippen molar-refractivity contribution in [2.75, 3.05) is 0 Å². The lowest BCUT2D eigenvalue weighted by atomic mass is 9.97. The Morgan fingerprint density at radius 1 is 1.23 bits per heavy atom. The molecule has 22 heavy (non-hydrogen) atoms. The molecular weight excluding hydrogens is 278 g/mol. The van der Waals surface area contributed by atoms with E-state index in [4.69, 9.17) is 4.98 Å². The third-order valence-electron chi connectivity index (χ3n) is 5.33. The quantitative estimate of drug-likeness (QED) is 0.626. The zero-order valence-corrected chi connectivity index (χ0v) is 12.8. The molecule has 112 valence electrons. The smallest absolute Gasteiger partial charge is 0.258 e. The van der Waals surface area contributed by atoms with Crippen molar-refractivity contribution in [1.29, 1.82) is 0 Å². The van der Waals surface area contributed by atoms with Crippen LogP contribution in [0.25, 0.3) is 11.4 Å². The van der Waals surface area contributed by atoms with Crippen molar-refractivity contribution in [3.63, 3.8) is 0 Å². The molecule has 2 aliphatic rings. The van der Waals surface area contributed by atoms with Crippen LogP contribution in [0.15, 0.2) is 24.3 Å². The van der Waals surface area contributed by atoms with E-state index in [1.807, 2.05) is 6.92 Å². The summed E-state index contributed by atoms with van der Waals surface area (Å²) < 4.78 is 0. The van der Waals surface area contributed by atoms with E-state index in [9.17, 15) is 10.1 Å². The van der Waals surface area contributed by atoms with E-state index in [1.165, 1.54) is 17.7 Å². The van der Waals surface area contributed by atoms with Crippen LogP contribution in [0.1, 0.15) is 36.7 Å². The fourth-order valence-electron chi connectivity index (χ4n) is 3.97. The SMILES string of the molecule is Cc1nc(-c2ccc([N+](=O)[O-])cc2)nc2c1C1C(C2)C1(C)C. The summed E-state index contributed by atoms with van der Waals surface area (Å²) in [6.45, 7) is 6.68. The highest BCUT2D eigenvalue weighted by molar-refractivity contribution is 5.59. The third kappa shape index (κ3) is 1.71. The van der Waals surface area contributed by atoms with Crippen molar-refractivity contribution >= 4 is 5.69 Å². The lowest BCUT2D eigenvalue weighted by molar-refractivity contribution is -0.384. The minimum absolute atomic E-state index is 0.0876. The molecule has 2 aliphatic carbocycles. The van der Waals surface area contributed by atoms with Crippen LogP contribution < -0.4 is 0 Å². The molecule has 0 saturated heterocycles. The van der Waals surface area contributed by atoms with Gasteiger partial charge in [-0.3, -0.25) is 10.1 Å². The van der Waals surface area contributed by atoms with Gasteiger partial charge in [-0.2, -0.15) is 0 Å². The summed E-state index contributed by atoms with van der Waals surface area (Å²) in [5.74, 6) is 1.97. The number of nitro benzene ring substituents is 1. The number of fused-ring (bicyclic) bond motifs is 3. The summed E-state index contributed by atoms with van der Waals surface area (Å²) in [6.07, 6.45) is 1.02. The second-order valence-electron chi connectivity index (χ2n) is 6.91. The standard InChI is InChI=1S/C17H17N3O2/c1-9-14-13(8-12-15(14)17(12,2)3)19-16(18-9)10-4-6-11(7-5-10)20(21)22/h4-7,12,15H,8H2,1-3H3. The number of aryl methyl sites for hydroxylation is 1. The molecule has 0 radical (unpaired) electrons. The van der Waals surface area contributed by atoms with Gasteiger partial charge in [0.15, 0.2) is 5.82 Å². The molecule has 0 N–H and O–H groups in total. The Balaban J connectivity index is 1.73. The first-order valence-corrected chi connectivity index (χ1v) is 7.52. The van der Waals surface area contributed by atoms with Gasteiger partial charge in [-0.15, -0.1) is 0 Å². The number of benzene rings is 1. The molecule has 5 heteroatoms. The second kappa shape index (κ2) is 4.12. The topological polar surface area (TPSA) is 68.9 Å². The normalized spacial score (nSPS) is 23.8. The van der Waals surface area contributed by atoms with Gasteiger partial charge in [-0.1, -0.05) is 13.8 Å². The number of nitro groups is 1. The minimum Gasteiger partial charge on any atom is -0.258 e. The van der Waals surface area contributed by atoms with Crippen molar-refractivity contribution < 1.29 is 4.92 Å². The lowest BCUT2D eigenvalue weighted by Gasteiger charge is -2.14. The fourth-order valence-corrected chi connectivity index (χ4v) is 3.97. The predicted octanol–water partition coefficient (Wildman–Crippen LogP) is 3.66. The zero-order chi connectivity index (χ0) is 15.6. The number of nitrogens with zero attached hydrogens (tertiary/aromatic N) is 3. The average Bonchev–Trinajstić information content (AvgIpc) is 2.86. The van der Waals surface area contributed by atoms with Crippen LogP contribution in [-0.4, -0.2) is 14.9 Å². The monoisotopic (exact) mass is 295 g/mol. The van der Waals surface area contributed by atoms with Crippen LogP contribution in [0.4, 0.5) is 5.69 Å². The van der Waals surface area contributed by atoms with E-state index in [0.717, 1.165) is 23.4 Å². The third-order valence-corrected chi connectivity index (χ3v) is 5.33. The van der Waals surface area contributed by atoms with Gasteiger partial charge in [0.25, 0.3) is 5.69 Å². The highest BCUT2D eigenvalue weighted by atomic mass is 16.6. The van der Waals surface area contributed by atoms with Gasteiger partial charge in [0.2, 0.25) is 0 Å². The molecule has 2 unspecified atom stereocenters. The van der Waals surface area contributed by atoms with Crippen molar-refractivity contribution in [2.45, 2.75) is 33.1 Å². The first kappa shape index (κ1) is 13.4. The molecular formula is C17H17N3O2. The number of hydrogen-bond donors (Lipinski definition) is 0. The molecule has 4 rings (SSSR count). The van der Waals surface area contributed by atoms with Crippen molar-refractivity contribution in [3.05, 3.63) is 51.3 Å².